The van der Waals surface area contributed by atoms with Gasteiger partial charge in [-0.15, -0.1) is 0 Å². The van der Waals surface area contributed by atoms with Gasteiger partial charge in [0.05, 0.1) is 6.61 Å². The van der Waals surface area contributed by atoms with Crippen LogP contribution in [0, 0.1) is 17.8 Å². The molecular formula is C9H17O. The molecule has 0 bridgehead atoms. The van der Waals surface area contributed by atoms with Gasteiger partial charge in [0.2, 0.25) is 0 Å². The van der Waals surface area contributed by atoms with Crippen LogP contribution in [-0.2, 0) is 5.11 Å². The quantitative estimate of drug-likeness (QED) is 0.563. The van der Waals surface area contributed by atoms with Gasteiger partial charge in [0.25, 0.3) is 0 Å². The first kappa shape index (κ1) is 8.06. The Morgan fingerprint density at radius 3 is 2.50 bits per heavy atom. The zero-order valence-electron chi connectivity index (χ0n) is 6.97. The lowest BCUT2D eigenvalue weighted by Crippen LogP contribution is -2.16. The summed E-state index contributed by atoms with van der Waals surface area (Å²) < 4.78 is 0. The van der Waals surface area contributed by atoms with E-state index in [0.717, 1.165) is 11.8 Å². The Bertz CT molecular complexity index is 98.9. The molecule has 1 aliphatic rings. The van der Waals surface area contributed by atoms with E-state index >= 15 is 0 Å². The van der Waals surface area contributed by atoms with Crippen LogP contribution in [0.2, 0.25) is 0 Å². The molecule has 0 amide bonds. The average molecular weight is 141 g/mol. The molecule has 10 heavy (non-hydrogen) atoms. The van der Waals surface area contributed by atoms with Gasteiger partial charge in [-0.3, -0.25) is 0 Å². The van der Waals surface area contributed by atoms with Crippen LogP contribution < -0.4 is 0 Å². The van der Waals surface area contributed by atoms with E-state index in [2.05, 4.69) is 13.8 Å². The average Bonchev–Trinajstić information content (AvgIpc) is 2.33. The number of rotatable bonds is 2. The third kappa shape index (κ3) is 1.51. The molecule has 1 saturated carbocycles. The highest BCUT2D eigenvalue weighted by Gasteiger charge is 2.28. The second-order valence-electron chi connectivity index (χ2n) is 3.77. The zero-order valence-corrected chi connectivity index (χ0v) is 6.97. The molecule has 1 rings (SSSR count). The van der Waals surface area contributed by atoms with Crippen LogP contribution >= 0.6 is 0 Å². The summed E-state index contributed by atoms with van der Waals surface area (Å²) in [4.78, 5) is 0. The molecule has 0 aromatic heterocycles. The third-order valence-corrected chi connectivity index (χ3v) is 2.79. The smallest absolute Gasteiger partial charge is 0.0853 e. The summed E-state index contributed by atoms with van der Waals surface area (Å²) in [6, 6.07) is 0. The van der Waals surface area contributed by atoms with E-state index in [1.54, 1.807) is 0 Å². The van der Waals surface area contributed by atoms with E-state index in [4.69, 9.17) is 0 Å². The minimum Gasteiger partial charge on any atom is -0.236 e. The zero-order chi connectivity index (χ0) is 7.56. The Labute approximate surface area is 63.4 Å². The van der Waals surface area contributed by atoms with Crippen LogP contribution in [0.15, 0.2) is 0 Å². The van der Waals surface area contributed by atoms with Crippen molar-refractivity contribution >= 4 is 0 Å². The molecule has 0 aliphatic heterocycles. The first-order valence-corrected chi connectivity index (χ1v) is 4.33. The molecular weight excluding hydrogens is 124 g/mol. The van der Waals surface area contributed by atoms with E-state index in [0.29, 0.717) is 5.92 Å². The minimum absolute atomic E-state index is 0.156. The summed E-state index contributed by atoms with van der Waals surface area (Å²) in [6.07, 6.45) is 3.77. The van der Waals surface area contributed by atoms with E-state index < -0.39 is 0 Å². The maximum atomic E-state index is 10.6. The molecule has 1 radical (unpaired) electrons. The molecule has 2 unspecified atom stereocenters. The van der Waals surface area contributed by atoms with Crippen LogP contribution in [-0.4, -0.2) is 6.61 Å². The van der Waals surface area contributed by atoms with Crippen LogP contribution in [0.4, 0.5) is 0 Å². The summed E-state index contributed by atoms with van der Waals surface area (Å²) in [5.74, 6) is 1.96. The van der Waals surface area contributed by atoms with Crippen molar-refractivity contribution in [3.05, 3.63) is 0 Å². The molecule has 1 heteroatoms. The molecule has 1 nitrogen and oxygen atoms in total. The second-order valence-corrected chi connectivity index (χ2v) is 3.77. The number of hydrogen-bond acceptors (Lipinski definition) is 0. The van der Waals surface area contributed by atoms with Gasteiger partial charge in [-0.05, 0) is 30.6 Å². The maximum Gasteiger partial charge on any atom is 0.0853 e. The molecule has 0 saturated heterocycles. The lowest BCUT2D eigenvalue weighted by atomic mass is 9.87. The Hall–Kier alpha value is -0.0400. The highest BCUT2D eigenvalue weighted by atomic mass is 16.3. The monoisotopic (exact) mass is 141 g/mol. The van der Waals surface area contributed by atoms with Gasteiger partial charge < -0.3 is 0 Å². The minimum atomic E-state index is 0.156. The first-order valence-electron chi connectivity index (χ1n) is 4.33. The van der Waals surface area contributed by atoms with Crippen LogP contribution in [0.1, 0.15) is 33.1 Å². The van der Waals surface area contributed by atoms with Crippen molar-refractivity contribution in [1.82, 2.24) is 0 Å². The molecule has 0 spiro atoms. The second kappa shape index (κ2) is 3.38. The van der Waals surface area contributed by atoms with Gasteiger partial charge in [0.1, 0.15) is 0 Å². The highest BCUT2D eigenvalue weighted by Crippen LogP contribution is 2.36. The summed E-state index contributed by atoms with van der Waals surface area (Å²) in [5, 5.41) is 10.6. The summed E-state index contributed by atoms with van der Waals surface area (Å²) >= 11 is 0. The normalized spacial score (nSPS) is 33.6. The Morgan fingerprint density at radius 1 is 1.40 bits per heavy atom. The van der Waals surface area contributed by atoms with Crippen molar-refractivity contribution in [2.45, 2.75) is 33.1 Å². The van der Waals surface area contributed by atoms with Gasteiger partial charge in [0, 0.05) is 0 Å². The predicted molar refractivity (Wildman–Crippen MR) is 41.2 cm³/mol. The van der Waals surface area contributed by atoms with Gasteiger partial charge in [-0.1, -0.05) is 20.3 Å². The van der Waals surface area contributed by atoms with Gasteiger partial charge in [0.15, 0.2) is 0 Å². The maximum absolute atomic E-state index is 10.6. The molecule has 1 aliphatic carbocycles. The van der Waals surface area contributed by atoms with Crippen molar-refractivity contribution in [3.8, 4) is 0 Å². The SMILES string of the molecule is CC(C)C1CCCC1C[O]. The van der Waals surface area contributed by atoms with Crippen LogP contribution in [0.5, 0.6) is 0 Å². The van der Waals surface area contributed by atoms with Gasteiger partial charge in [-0.25, -0.2) is 5.11 Å². The summed E-state index contributed by atoms with van der Waals surface area (Å²) in [5.41, 5.74) is 0. The van der Waals surface area contributed by atoms with Crippen molar-refractivity contribution in [3.63, 3.8) is 0 Å². The summed E-state index contributed by atoms with van der Waals surface area (Å²) in [7, 11) is 0. The molecule has 2 atom stereocenters. The fourth-order valence-corrected chi connectivity index (χ4v) is 2.15. The topological polar surface area (TPSA) is 19.9 Å². The van der Waals surface area contributed by atoms with Crippen LogP contribution in [0.3, 0.4) is 0 Å². The lowest BCUT2D eigenvalue weighted by Gasteiger charge is -2.19. The van der Waals surface area contributed by atoms with E-state index in [1.165, 1.54) is 19.3 Å². The van der Waals surface area contributed by atoms with Crippen LogP contribution in [0.25, 0.3) is 0 Å². The van der Waals surface area contributed by atoms with Crippen molar-refractivity contribution in [1.29, 1.82) is 0 Å². The standard InChI is InChI=1S/C9H17O/c1-7(2)9-5-3-4-8(9)6-10/h7-9H,3-6H2,1-2H3. The molecule has 0 N–H and O–H groups in total. The third-order valence-electron chi connectivity index (χ3n) is 2.79. The van der Waals surface area contributed by atoms with E-state index in [1.807, 2.05) is 0 Å². The van der Waals surface area contributed by atoms with E-state index in [-0.39, 0.29) is 6.61 Å². The van der Waals surface area contributed by atoms with Crippen molar-refractivity contribution in [2.24, 2.45) is 17.8 Å². The van der Waals surface area contributed by atoms with E-state index in [9.17, 15) is 5.11 Å². The first-order chi connectivity index (χ1) is 4.75. The van der Waals surface area contributed by atoms with Gasteiger partial charge >= 0.3 is 0 Å². The number of hydrogen-bond donors (Lipinski definition) is 0. The fraction of sp³-hybridized carbons (Fsp3) is 1.00. The molecule has 59 valence electrons. The molecule has 0 aromatic rings. The van der Waals surface area contributed by atoms with Gasteiger partial charge in [-0.2, -0.15) is 0 Å². The molecule has 0 aromatic carbocycles. The summed E-state index contributed by atoms with van der Waals surface area (Å²) in [6.45, 7) is 4.63. The predicted octanol–water partition coefficient (Wildman–Crippen LogP) is 2.49. The Kier molecular flexibility index (Phi) is 2.72. The lowest BCUT2D eigenvalue weighted by molar-refractivity contribution is 0.109. The highest BCUT2D eigenvalue weighted by molar-refractivity contribution is 4.78. The fourth-order valence-electron chi connectivity index (χ4n) is 2.15. The van der Waals surface area contributed by atoms with Crippen molar-refractivity contribution < 1.29 is 5.11 Å². The Morgan fingerprint density at radius 2 is 2.10 bits per heavy atom. The Balaban J connectivity index is 2.42. The molecule has 1 fully saturated rings. The molecule has 0 heterocycles. The largest absolute Gasteiger partial charge is 0.236 e. The van der Waals surface area contributed by atoms with Crippen molar-refractivity contribution in [2.75, 3.05) is 6.61 Å².